The maximum atomic E-state index is 11.9. The van der Waals surface area contributed by atoms with Crippen molar-refractivity contribution in [1.29, 1.82) is 0 Å². The van der Waals surface area contributed by atoms with E-state index in [2.05, 4.69) is 0 Å². The van der Waals surface area contributed by atoms with Gasteiger partial charge in [0.2, 0.25) is 9.05 Å². The van der Waals surface area contributed by atoms with Crippen LogP contribution in [-0.4, -0.2) is 44.2 Å². The predicted octanol–water partition coefficient (Wildman–Crippen LogP) is 1.35. The number of alkyl halides is 3. The molecule has 0 aromatic carbocycles. The summed E-state index contributed by atoms with van der Waals surface area (Å²) in [6.45, 7) is 0.930. The van der Waals surface area contributed by atoms with Crippen LogP contribution in [0, 0.1) is 0 Å². The van der Waals surface area contributed by atoms with Crippen LogP contribution in [0.4, 0.5) is 13.2 Å². The van der Waals surface area contributed by atoms with Gasteiger partial charge in [-0.05, 0) is 13.3 Å². The number of nitrogens with zero attached hydrogens (tertiary/aromatic N) is 1. The molecule has 0 saturated heterocycles. The van der Waals surface area contributed by atoms with Crippen LogP contribution < -0.4 is 0 Å². The molecule has 0 aromatic rings. The highest BCUT2D eigenvalue weighted by Gasteiger charge is 2.41. The zero-order valence-corrected chi connectivity index (χ0v) is 10.2. The lowest BCUT2D eigenvalue weighted by Gasteiger charge is -2.19. The third kappa shape index (κ3) is 5.02. The molecule has 0 aliphatic carbocycles. The standard InChI is InChI=1S/C7H11ClF3NO3S/c1-5(16(8,14)15)3-4-12(2)6(13)7(9,10)11/h5H,3-4H2,1-2H3. The normalized spacial score (nSPS) is 14.6. The number of halogens is 4. The molecule has 0 rings (SSSR count). The first-order chi connectivity index (χ1) is 6.96. The van der Waals surface area contributed by atoms with Crippen molar-refractivity contribution in [3.8, 4) is 0 Å². The van der Waals surface area contributed by atoms with E-state index >= 15 is 0 Å². The molecule has 0 saturated carbocycles. The first kappa shape index (κ1) is 15.5. The first-order valence-corrected chi connectivity index (χ1v) is 6.59. The molecule has 0 fully saturated rings. The van der Waals surface area contributed by atoms with Crippen molar-refractivity contribution in [2.24, 2.45) is 0 Å². The van der Waals surface area contributed by atoms with Crippen molar-refractivity contribution in [2.45, 2.75) is 24.8 Å². The third-order valence-electron chi connectivity index (χ3n) is 1.94. The highest BCUT2D eigenvalue weighted by atomic mass is 35.7. The van der Waals surface area contributed by atoms with Crippen LogP contribution in [0.15, 0.2) is 0 Å². The molecule has 0 N–H and O–H groups in total. The fourth-order valence-corrected chi connectivity index (χ4v) is 1.49. The second-order valence-corrected chi connectivity index (χ2v) is 6.35. The molecule has 1 amide bonds. The van der Waals surface area contributed by atoms with Crippen LogP contribution in [0.1, 0.15) is 13.3 Å². The molecule has 1 atom stereocenters. The molecular weight excluding hydrogens is 271 g/mol. The average molecular weight is 282 g/mol. The molecule has 0 radical (unpaired) electrons. The predicted molar refractivity (Wildman–Crippen MR) is 52.5 cm³/mol. The van der Waals surface area contributed by atoms with Crippen molar-refractivity contribution in [3.63, 3.8) is 0 Å². The second-order valence-electron chi connectivity index (χ2n) is 3.30. The first-order valence-electron chi connectivity index (χ1n) is 4.22. The zero-order chi connectivity index (χ0) is 13.1. The Morgan fingerprint density at radius 2 is 1.88 bits per heavy atom. The van der Waals surface area contributed by atoms with E-state index in [1.54, 1.807) is 0 Å². The Labute approximate surface area is 95.8 Å². The quantitative estimate of drug-likeness (QED) is 0.731. The molecule has 0 aliphatic rings. The number of amides is 1. The lowest BCUT2D eigenvalue weighted by atomic mass is 10.3. The minimum Gasteiger partial charge on any atom is -0.338 e. The van der Waals surface area contributed by atoms with Gasteiger partial charge >= 0.3 is 12.1 Å². The van der Waals surface area contributed by atoms with Crippen molar-refractivity contribution >= 4 is 25.6 Å². The van der Waals surface area contributed by atoms with Gasteiger partial charge in [0.1, 0.15) is 0 Å². The molecule has 0 spiro atoms. The van der Waals surface area contributed by atoms with Gasteiger partial charge in [-0.1, -0.05) is 0 Å². The molecule has 1 unspecified atom stereocenters. The Kier molecular flexibility index (Phi) is 5.06. The Balaban J connectivity index is 4.30. The average Bonchev–Trinajstić information content (AvgIpc) is 2.09. The highest BCUT2D eigenvalue weighted by molar-refractivity contribution is 8.14. The number of carbonyl (C=O) groups excluding carboxylic acids is 1. The van der Waals surface area contributed by atoms with Gasteiger partial charge in [0, 0.05) is 24.3 Å². The minimum atomic E-state index is -4.95. The monoisotopic (exact) mass is 281 g/mol. The van der Waals surface area contributed by atoms with Crippen LogP contribution in [0.2, 0.25) is 0 Å². The summed E-state index contributed by atoms with van der Waals surface area (Å²) in [5, 5.41) is -1.00. The highest BCUT2D eigenvalue weighted by Crippen LogP contribution is 2.18. The molecule has 96 valence electrons. The fraction of sp³-hybridized carbons (Fsp3) is 0.857. The Morgan fingerprint density at radius 1 is 1.44 bits per heavy atom. The van der Waals surface area contributed by atoms with Crippen LogP contribution in [0.25, 0.3) is 0 Å². The summed E-state index contributed by atoms with van der Waals surface area (Å²) in [7, 11) is 2.12. The van der Waals surface area contributed by atoms with Crippen LogP contribution >= 0.6 is 10.7 Å². The number of carbonyl (C=O) groups is 1. The smallest absolute Gasteiger partial charge is 0.338 e. The van der Waals surface area contributed by atoms with E-state index in [0.717, 1.165) is 7.05 Å². The molecule has 0 aromatic heterocycles. The summed E-state index contributed by atoms with van der Waals surface area (Å²) in [6.07, 6.45) is -5.10. The lowest BCUT2D eigenvalue weighted by Crippen LogP contribution is -2.39. The van der Waals surface area contributed by atoms with E-state index in [4.69, 9.17) is 10.7 Å². The summed E-state index contributed by atoms with van der Waals surface area (Å²) in [6, 6.07) is 0. The molecule has 9 heteroatoms. The van der Waals surface area contributed by atoms with Gasteiger partial charge in [0.15, 0.2) is 0 Å². The number of hydrogen-bond acceptors (Lipinski definition) is 3. The van der Waals surface area contributed by atoms with Gasteiger partial charge < -0.3 is 4.90 Å². The van der Waals surface area contributed by atoms with Crippen LogP contribution in [-0.2, 0) is 13.8 Å². The number of hydrogen-bond donors (Lipinski definition) is 0. The zero-order valence-electron chi connectivity index (χ0n) is 8.58. The summed E-state index contributed by atoms with van der Waals surface area (Å²) in [4.78, 5) is 11.1. The van der Waals surface area contributed by atoms with Gasteiger partial charge in [0.05, 0.1) is 5.25 Å². The molecule has 4 nitrogen and oxygen atoms in total. The second kappa shape index (κ2) is 5.22. The van der Waals surface area contributed by atoms with Gasteiger partial charge in [0.25, 0.3) is 0 Å². The van der Waals surface area contributed by atoms with Crippen molar-refractivity contribution in [1.82, 2.24) is 4.90 Å². The minimum absolute atomic E-state index is 0.149. The van der Waals surface area contributed by atoms with Crippen molar-refractivity contribution < 1.29 is 26.4 Å². The van der Waals surface area contributed by atoms with E-state index in [9.17, 15) is 26.4 Å². The Morgan fingerprint density at radius 3 is 2.19 bits per heavy atom. The Hall–Kier alpha value is -0.500. The van der Waals surface area contributed by atoms with Gasteiger partial charge in [-0.2, -0.15) is 13.2 Å². The van der Waals surface area contributed by atoms with E-state index in [1.807, 2.05) is 0 Å². The van der Waals surface area contributed by atoms with Crippen LogP contribution in [0.3, 0.4) is 0 Å². The van der Waals surface area contributed by atoms with Gasteiger partial charge in [-0.15, -0.1) is 0 Å². The molecular formula is C7H11ClF3NO3S. The molecule has 16 heavy (non-hydrogen) atoms. The van der Waals surface area contributed by atoms with E-state index in [-0.39, 0.29) is 13.0 Å². The lowest BCUT2D eigenvalue weighted by molar-refractivity contribution is -0.184. The summed E-state index contributed by atoms with van der Waals surface area (Å²) < 4.78 is 57.3. The largest absolute Gasteiger partial charge is 0.471 e. The Bertz CT molecular complexity index is 354. The number of rotatable bonds is 4. The van der Waals surface area contributed by atoms with Crippen molar-refractivity contribution in [3.05, 3.63) is 0 Å². The summed E-state index contributed by atoms with van der Waals surface area (Å²) >= 11 is 0. The van der Waals surface area contributed by atoms with E-state index < -0.39 is 26.4 Å². The summed E-state index contributed by atoms with van der Waals surface area (Å²) in [5.74, 6) is -2.01. The maximum absolute atomic E-state index is 11.9. The fourth-order valence-electron chi connectivity index (χ4n) is 0.834. The van der Waals surface area contributed by atoms with Gasteiger partial charge in [-0.25, -0.2) is 8.42 Å². The molecule has 0 aliphatic heterocycles. The van der Waals surface area contributed by atoms with E-state index in [0.29, 0.717) is 4.90 Å². The molecule has 0 bridgehead atoms. The third-order valence-corrected chi connectivity index (χ3v) is 4.05. The molecule has 0 heterocycles. The van der Waals surface area contributed by atoms with Crippen molar-refractivity contribution in [2.75, 3.05) is 13.6 Å². The topological polar surface area (TPSA) is 54.5 Å². The summed E-state index contributed by atoms with van der Waals surface area (Å²) in [5.41, 5.74) is 0. The van der Waals surface area contributed by atoms with Gasteiger partial charge in [-0.3, -0.25) is 4.79 Å². The SMILES string of the molecule is CC(CCN(C)C(=O)C(F)(F)F)S(=O)(=O)Cl. The van der Waals surface area contributed by atoms with E-state index in [1.165, 1.54) is 6.92 Å². The van der Waals surface area contributed by atoms with Crippen LogP contribution in [0.5, 0.6) is 0 Å². The maximum Gasteiger partial charge on any atom is 0.471 e.